The number of halogens is 1. The molecule has 0 fully saturated rings. The molecule has 1 N–H and O–H groups in total. The molecule has 2 rings (SSSR count). The molecular weight excluding hydrogens is 382 g/mol. The molecule has 0 saturated carbocycles. The van der Waals surface area contributed by atoms with E-state index in [1.54, 1.807) is 29.2 Å². The number of nitriles is 1. The Labute approximate surface area is 156 Å². The molecule has 0 aliphatic rings. The van der Waals surface area contributed by atoms with Crippen LogP contribution in [0.4, 0.5) is 0 Å². The maximum atomic E-state index is 12.9. The van der Waals surface area contributed by atoms with Crippen molar-refractivity contribution in [2.75, 3.05) is 27.2 Å². The Morgan fingerprint density at radius 1 is 1.16 bits per heavy atom. The number of nitrogens with zero attached hydrogens (tertiary/aromatic N) is 3. The van der Waals surface area contributed by atoms with Crippen molar-refractivity contribution in [2.24, 2.45) is 0 Å². The SMILES string of the molecule is CN(C)CCN(Cc1ccc(C#N)cc1)C(=O)c1cc(Br)ccc1O. The summed E-state index contributed by atoms with van der Waals surface area (Å²) < 4.78 is 0.736. The Hall–Kier alpha value is -2.36. The molecule has 130 valence electrons. The first-order chi connectivity index (χ1) is 11.9. The molecule has 0 heterocycles. The Balaban J connectivity index is 2.26. The normalized spacial score (nSPS) is 10.5. The number of amides is 1. The van der Waals surface area contributed by atoms with E-state index in [-0.39, 0.29) is 17.2 Å². The molecule has 5 nitrogen and oxygen atoms in total. The largest absolute Gasteiger partial charge is 0.507 e. The predicted molar refractivity (Wildman–Crippen MR) is 100 cm³/mol. The van der Waals surface area contributed by atoms with Gasteiger partial charge in [-0.2, -0.15) is 5.26 Å². The summed E-state index contributed by atoms with van der Waals surface area (Å²) in [6, 6.07) is 14.1. The number of hydrogen-bond donors (Lipinski definition) is 1. The quantitative estimate of drug-likeness (QED) is 0.806. The van der Waals surface area contributed by atoms with Crippen molar-refractivity contribution in [3.63, 3.8) is 0 Å². The van der Waals surface area contributed by atoms with Crippen LogP contribution < -0.4 is 0 Å². The standard InChI is InChI=1S/C19H20BrN3O2/c1-22(2)9-10-23(13-15-5-3-14(12-21)4-6-15)19(25)17-11-16(20)7-8-18(17)24/h3-8,11,24H,9-10,13H2,1-2H3. The highest BCUT2D eigenvalue weighted by atomic mass is 79.9. The second-order valence-corrected chi connectivity index (χ2v) is 6.92. The fraction of sp³-hybridized carbons (Fsp3) is 0.263. The number of aromatic hydroxyl groups is 1. The minimum Gasteiger partial charge on any atom is -0.507 e. The molecule has 2 aromatic rings. The first-order valence-corrected chi connectivity index (χ1v) is 8.61. The van der Waals surface area contributed by atoms with Crippen LogP contribution in [0.2, 0.25) is 0 Å². The van der Waals surface area contributed by atoms with E-state index in [4.69, 9.17) is 5.26 Å². The van der Waals surface area contributed by atoms with Crippen LogP contribution in [0.1, 0.15) is 21.5 Å². The molecule has 0 aliphatic heterocycles. The van der Waals surface area contributed by atoms with E-state index in [0.717, 1.165) is 10.0 Å². The van der Waals surface area contributed by atoms with Gasteiger partial charge in [0, 0.05) is 24.1 Å². The third-order valence-corrected chi connectivity index (χ3v) is 4.24. The van der Waals surface area contributed by atoms with E-state index >= 15 is 0 Å². The molecule has 0 radical (unpaired) electrons. The minimum atomic E-state index is -0.231. The van der Waals surface area contributed by atoms with Gasteiger partial charge in [0.15, 0.2) is 0 Å². The van der Waals surface area contributed by atoms with Gasteiger partial charge in [0.25, 0.3) is 5.91 Å². The third kappa shape index (κ3) is 5.31. The molecule has 25 heavy (non-hydrogen) atoms. The lowest BCUT2D eigenvalue weighted by atomic mass is 10.1. The van der Waals surface area contributed by atoms with Crippen molar-refractivity contribution in [2.45, 2.75) is 6.54 Å². The summed E-state index contributed by atoms with van der Waals surface area (Å²) >= 11 is 3.34. The Kier molecular flexibility index (Phi) is 6.57. The van der Waals surface area contributed by atoms with Gasteiger partial charge in [0.2, 0.25) is 0 Å². The summed E-state index contributed by atoms with van der Waals surface area (Å²) in [4.78, 5) is 16.6. The average molecular weight is 402 g/mol. The summed E-state index contributed by atoms with van der Waals surface area (Å²) in [5, 5.41) is 18.9. The van der Waals surface area contributed by atoms with Gasteiger partial charge in [-0.25, -0.2) is 0 Å². The van der Waals surface area contributed by atoms with Gasteiger partial charge in [-0.05, 0) is 50.0 Å². The number of likely N-dealkylation sites (N-methyl/N-ethyl adjacent to an activating group) is 1. The molecule has 0 atom stereocenters. The highest BCUT2D eigenvalue weighted by molar-refractivity contribution is 9.10. The van der Waals surface area contributed by atoms with Crippen molar-refractivity contribution in [1.82, 2.24) is 9.80 Å². The van der Waals surface area contributed by atoms with Crippen LogP contribution in [0.5, 0.6) is 5.75 Å². The van der Waals surface area contributed by atoms with Gasteiger partial charge in [-0.15, -0.1) is 0 Å². The molecule has 1 amide bonds. The first kappa shape index (κ1) is 19.0. The summed E-state index contributed by atoms with van der Waals surface area (Å²) in [6.45, 7) is 1.64. The number of benzene rings is 2. The molecule has 0 saturated heterocycles. The van der Waals surface area contributed by atoms with Crippen molar-refractivity contribution in [3.05, 3.63) is 63.6 Å². The lowest BCUT2D eigenvalue weighted by Gasteiger charge is -2.25. The van der Waals surface area contributed by atoms with Crippen molar-refractivity contribution in [3.8, 4) is 11.8 Å². The molecule has 6 heteroatoms. The molecular formula is C19H20BrN3O2. The maximum absolute atomic E-state index is 12.9. The smallest absolute Gasteiger partial charge is 0.257 e. The fourth-order valence-corrected chi connectivity index (χ4v) is 2.69. The van der Waals surface area contributed by atoms with Gasteiger partial charge >= 0.3 is 0 Å². The van der Waals surface area contributed by atoms with Gasteiger partial charge in [-0.1, -0.05) is 28.1 Å². The lowest BCUT2D eigenvalue weighted by molar-refractivity contribution is 0.0729. The number of carbonyl (C=O) groups is 1. The van der Waals surface area contributed by atoms with Crippen LogP contribution in [-0.2, 0) is 6.54 Å². The molecule has 2 aromatic carbocycles. The van der Waals surface area contributed by atoms with E-state index in [2.05, 4.69) is 22.0 Å². The van der Waals surface area contributed by atoms with Crippen LogP contribution in [0.25, 0.3) is 0 Å². The van der Waals surface area contributed by atoms with Crippen LogP contribution in [0.15, 0.2) is 46.9 Å². The van der Waals surface area contributed by atoms with Gasteiger partial charge in [0.1, 0.15) is 5.75 Å². The van der Waals surface area contributed by atoms with Crippen LogP contribution in [-0.4, -0.2) is 48.0 Å². The van der Waals surface area contributed by atoms with Gasteiger partial charge in [0.05, 0.1) is 17.2 Å². The van der Waals surface area contributed by atoms with E-state index in [9.17, 15) is 9.90 Å². The van der Waals surface area contributed by atoms with Crippen molar-refractivity contribution < 1.29 is 9.90 Å². The first-order valence-electron chi connectivity index (χ1n) is 7.82. The van der Waals surface area contributed by atoms with Crippen molar-refractivity contribution >= 4 is 21.8 Å². The predicted octanol–water partition coefficient (Wildman–Crippen LogP) is 3.23. The number of phenolic OH excluding ortho intramolecular Hbond substituents is 1. The minimum absolute atomic E-state index is 0.0390. The molecule has 0 aliphatic carbocycles. The summed E-state index contributed by atoms with van der Waals surface area (Å²) in [7, 11) is 3.89. The van der Waals surface area contributed by atoms with E-state index in [0.29, 0.717) is 25.2 Å². The van der Waals surface area contributed by atoms with Gasteiger partial charge < -0.3 is 14.9 Å². The zero-order chi connectivity index (χ0) is 18.4. The molecule has 0 bridgehead atoms. The van der Waals surface area contributed by atoms with E-state index in [1.807, 2.05) is 31.1 Å². The zero-order valence-corrected chi connectivity index (χ0v) is 15.8. The van der Waals surface area contributed by atoms with Crippen molar-refractivity contribution in [1.29, 1.82) is 5.26 Å². The molecule has 0 aromatic heterocycles. The monoisotopic (exact) mass is 401 g/mol. The zero-order valence-electron chi connectivity index (χ0n) is 14.2. The summed E-state index contributed by atoms with van der Waals surface area (Å²) in [5.74, 6) is -0.270. The second-order valence-electron chi connectivity index (χ2n) is 6.00. The number of rotatable bonds is 6. The maximum Gasteiger partial charge on any atom is 0.257 e. The molecule has 0 unspecified atom stereocenters. The summed E-state index contributed by atoms with van der Waals surface area (Å²) in [6.07, 6.45) is 0. The average Bonchev–Trinajstić information content (AvgIpc) is 2.60. The number of hydrogen-bond acceptors (Lipinski definition) is 4. The van der Waals surface area contributed by atoms with Crippen LogP contribution >= 0.6 is 15.9 Å². The van der Waals surface area contributed by atoms with E-state index < -0.39 is 0 Å². The Morgan fingerprint density at radius 2 is 1.84 bits per heavy atom. The Bertz CT molecular complexity index is 782. The number of phenols is 1. The highest BCUT2D eigenvalue weighted by Crippen LogP contribution is 2.24. The van der Waals surface area contributed by atoms with E-state index in [1.165, 1.54) is 6.07 Å². The topological polar surface area (TPSA) is 67.6 Å². The lowest BCUT2D eigenvalue weighted by Crippen LogP contribution is -2.36. The highest BCUT2D eigenvalue weighted by Gasteiger charge is 2.20. The number of carbonyl (C=O) groups excluding carboxylic acids is 1. The van der Waals surface area contributed by atoms with Gasteiger partial charge in [-0.3, -0.25) is 4.79 Å². The Morgan fingerprint density at radius 3 is 2.44 bits per heavy atom. The molecule has 0 spiro atoms. The van der Waals surface area contributed by atoms with Crippen LogP contribution in [0.3, 0.4) is 0 Å². The van der Waals surface area contributed by atoms with Crippen LogP contribution in [0, 0.1) is 11.3 Å². The summed E-state index contributed by atoms with van der Waals surface area (Å²) in [5.41, 5.74) is 1.78. The second kappa shape index (κ2) is 8.65. The third-order valence-electron chi connectivity index (χ3n) is 3.75. The fourth-order valence-electron chi connectivity index (χ4n) is 2.33.